The maximum absolute atomic E-state index is 12.5. The molecule has 3 unspecified atom stereocenters. The van der Waals surface area contributed by atoms with E-state index in [-0.39, 0.29) is 11.9 Å². The van der Waals surface area contributed by atoms with Crippen molar-refractivity contribution in [1.82, 2.24) is 15.5 Å². The highest BCUT2D eigenvalue weighted by Gasteiger charge is 2.38. The first-order valence-electron chi connectivity index (χ1n) is 8.46. The topological polar surface area (TPSA) is 69.8 Å². The van der Waals surface area contributed by atoms with Gasteiger partial charge in [0.25, 0.3) is 0 Å². The summed E-state index contributed by atoms with van der Waals surface area (Å²) in [7, 11) is 0. The van der Waals surface area contributed by atoms with Crippen molar-refractivity contribution in [3.8, 4) is 11.3 Å². The van der Waals surface area contributed by atoms with Gasteiger partial charge in [0.2, 0.25) is 5.91 Å². The van der Waals surface area contributed by atoms with Gasteiger partial charge >= 0.3 is 0 Å². The van der Waals surface area contributed by atoms with Crippen LogP contribution in [0, 0.1) is 5.92 Å². The molecule has 4 rings (SSSR count). The Labute approximate surface area is 135 Å². The molecule has 1 amide bonds. The zero-order chi connectivity index (χ0) is 15.6. The maximum atomic E-state index is 12.5. The number of H-pyrrole nitrogens is 1. The number of nitrogens with zero attached hydrogens (tertiary/aromatic N) is 1. The Hall–Kier alpha value is -2.14. The number of hydrogen-bond donors (Lipinski definition) is 3. The van der Waals surface area contributed by atoms with Gasteiger partial charge in [-0.1, -0.05) is 25.0 Å². The number of aromatic amines is 1. The molecule has 1 aliphatic heterocycles. The predicted octanol–water partition coefficient (Wildman–Crippen LogP) is 2.94. The molecule has 23 heavy (non-hydrogen) atoms. The normalized spacial score (nSPS) is 26.7. The van der Waals surface area contributed by atoms with Crippen LogP contribution in [-0.4, -0.2) is 28.2 Å². The Balaban J connectivity index is 1.39. The molecule has 5 heteroatoms. The largest absolute Gasteiger partial charge is 0.325 e. The average Bonchev–Trinajstić information content (AvgIpc) is 3.25. The minimum absolute atomic E-state index is 0.0459. The summed E-state index contributed by atoms with van der Waals surface area (Å²) in [5.41, 5.74) is 2.88. The van der Waals surface area contributed by atoms with Crippen LogP contribution in [0.25, 0.3) is 11.3 Å². The van der Waals surface area contributed by atoms with E-state index in [1.165, 1.54) is 25.7 Å². The van der Waals surface area contributed by atoms with Crippen molar-refractivity contribution in [2.24, 2.45) is 5.92 Å². The van der Waals surface area contributed by atoms with E-state index in [9.17, 15) is 4.79 Å². The van der Waals surface area contributed by atoms with E-state index in [1.54, 1.807) is 6.20 Å². The average molecular weight is 310 g/mol. The SMILES string of the molecule is O=C(Nc1ccc(-c2ccn[nH]2)cc1)C1CC2CCCCC2N1. The number of nitrogens with one attached hydrogen (secondary N) is 3. The molecule has 120 valence electrons. The van der Waals surface area contributed by atoms with Crippen molar-refractivity contribution in [2.45, 2.75) is 44.2 Å². The van der Waals surface area contributed by atoms with Gasteiger partial charge in [0, 0.05) is 17.9 Å². The first-order valence-corrected chi connectivity index (χ1v) is 8.46. The third-order valence-electron chi connectivity index (χ3n) is 5.14. The van der Waals surface area contributed by atoms with Crippen LogP contribution in [0.4, 0.5) is 5.69 Å². The van der Waals surface area contributed by atoms with Gasteiger partial charge in [-0.25, -0.2) is 0 Å². The number of hydrogen-bond acceptors (Lipinski definition) is 3. The van der Waals surface area contributed by atoms with E-state index in [0.29, 0.717) is 12.0 Å². The number of carbonyl (C=O) groups is 1. The molecule has 0 radical (unpaired) electrons. The fourth-order valence-corrected chi connectivity index (χ4v) is 3.90. The van der Waals surface area contributed by atoms with E-state index in [0.717, 1.165) is 23.4 Å². The van der Waals surface area contributed by atoms with Gasteiger partial charge in [-0.15, -0.1) is 0 Å². The minimum atomic E-state index is -0.0459. The molecule has 1 saturated carbocycles. The first-order chi connectivity index (χ1) is 11.3. The molecule has 0 spiro atoms. The highest BCUT2D eigenvalue weighted by molar-refractivity contribution is 5.95. The third-order valence-corrected chi connectivity index (χ3v) is 5.14. The quantitative estimate of drug-likeness (QED) is 0.816. The van der Waals surface area contributed by atoms with Crippen LogP contribution in [-0.2, 0) is 4.79 Å². The smallest absolute Gasteiger partial charge is 0.241 e. The zero-order valence-electron chi connectivity index (χ0n) is 13.1. The number of benzene rings is 1. The van der Waals surface area contributed by atoms with Crippen LogP contribution in [0.3, 0.4) is 0 Å². The van der Waals surface area contributed by atoms with E-state index in [1.807, 2.05) is 30.3 Å². The van der Waals surface area contributed by atoms with Gasteiger partial charge in [-0.3, -0.25) is 9.89 Å². The summed E-state index contributed by atoms with van der Waals surface area (Å²) in [5.74, 6) is 0.774. The lowest BCUT2D eigenvalue weighted by molar-refractivity contribution is -0.117. The predicted molar refractivity (Wildman–Crippen MR) is 89.9 cm³/mol. The summed E-state index contributed by atoms with van der Waals surface area (Å²) in [6.45, 7) is 0. The molecule has 2 heterocycles. The van der Waals surface area contributed by atoms with Gasteiger partial charge in [-0.05, 0) is 48.9 Å². The lowest BCUT2D eigenvalue weighted by Crippen LogP contribution is -2.39. The number of carbonyl (C=O) groups excluding carboxylic acids is 1. The first kappa shape index (κ1) is 14.5. The molecule has 2 aliphatic rings. The highest BCUT2D eigenvalue weighted by Crippen LogP contribution is 2.33. The van der Waals surface area contributed by atoms with Crippen molar-refractivity contribution in [3.63, 3.8) is 0 Å². The van der Waals surface area contributed by atoms with Crippen LogP contribution in [0.2, 0.25) is 0 Å². The molecule has 3 N–H and O–H groups in total. The highest BCUT2D eigenvalue weighted by atomic mass is 16.2. The van der Waals surface area contributed by atoms with Crippen molar-refractivity contribution >= 4 is 11.6 Å². The molecule has 1 aliphatic carbocycles. The van der Waals surface area contributed by atoms with E-state index >= 15 is 0 Å². The molecule has 1 aromatic heterocycles. The molecule has 2 fully saturated rings. The lowest BCUT2D eigenvalue weighted by atomic mass is 9.85. The molecule has 2 aromatic rings. The van der Waals surface area contributed by atoms with Gasteiger partial charge in [0.1, 0.15) is 0 Å². The van der Waals surface area contributed by atoms with Gasteiger partial charge in [-0.2, -0.15) is 5.10 Å². The van der Waals surface area contributed by atoms with Crippen LogP contribution in [0.5, 0.6) is 0 Å². The summed E-state index contributed by atoms with van der Waals surface area (Å²) < 4.78 is 0. The Morgan fingerprint density at radius 3 is 2.70 bits per heavy atom. The Kier molecular flexibility index (Phi) is 3.87. The molecule has 5 nitrogen and oxygen atoms in total. The molecule has 1 aromatic carbocycles. The summed E-state index contributed by atoms with van der Waals surface area (Å²) in [6.07, 6.45) is 7.79. The molecule has 0 bridgehead atoms. The van der Waals surface area contributed by atoms with E-state index < -0.39 is 0 Å². The second kappa shape index (κ2) is 6.16. The Morgan fingerprint density at radius 2 is 1.96 bits per heavy atom. The molecular weight excluding hydrogens is 288 g/mol. The number of anilines is 1. The van der Waals surface area contributed by atoms with Crippen LogP contribution in [0.15, 0.2) is 36.5 Å². The van der Waals surface area contributed by atoms with Crippen molar-refractivity contribution in [2.75, 3.05) is 5.32 Å². The fraction of sp³-hybridized carbons (Fsp3) is 0.444. The van der Waals surface area contributed by atoms with Gasteiger partial charge < -0.3 is 10.6 Å². The van der Waals surface area contributed by atoms with E-state index in [2.05, 4.69) is 20.8 Å². The van der Waals surface area contributed by atoms with Crippen LogP contribution < -0.4 is 10.6 Å². The maximum Gasteiger partial charge on any atom is 0.241 e. The molecule has 3 atom stereocenters. The van der Waals surface area contributed by atoms with Crippen molar-refractivity contribution in [1.29, 1.82) is 0 Å². The standard InChI is InChI=1S/C18H22N4O/c23-18(17-11-13-3-1-2-4-15(13)21-17)20-14-7-5-12(6-8-14)16-9-10-19-22-16/h5-10,13,15,17,21H,1-4,11H2,(H,19,22)(H,20,23). The summed E-state index contributed by atoms with van der Waals surface area (Å²) in [5, 5.41) is 13.5. The molecular formula is C18H22N4O. The monoisotopic (exact) mass is 310 g/mol. The minimum Gasteiger partial charge on any atom is -0.325 e. The number of amides is 1. The van der Waals surface area contributed by atoms with Crippen LogP contribution >= 0.6 is 0 Å². The second-order valence-corrected chi connectivity index (χ2v) is 6.64. The van der Waals surface area contributed by atoms with Crippen molar-refractivity contribution < 1.29 is 4.79 Å². The molecule has 1 saturated heterocycles. The van der Waals surface area contributed by atoms with Gasteiger partial charge in [0.05, 0.1) is 11.7 Å². The van der Waals surface area contributed by atoms with Crippen molar-refractivity contribution in [3.05, 3.63) is 36.5 Å². The summed E-state index contributed by atoms with van der Waals surface area (Å²) >= 11 is 0. The Morgan fingerprint density at radius 1 is 1.13 bits per heavy atom. The summed E-state index contributed by atoms with van der Waals surface area (Å²) in [4.78, 5) is 12.5. The fourth-order valence-electron chi connectivity index (χ4n) is 3.90. The number of aromatic nitrogens is 2. The zero-order valence-corrected chi connectivity index (χ0v) is 13.1. The van der Waals surface area contributed by atoms with Crippen LogP contribution in [0.1, 0.15) is 32.1 Å². The number of fused-ring (bicyclic) bond motifs is 1. The summed E-state index contributed by atoms with van der Waals surface area (Å²) in [6, 6.07) is 10.3. The third kappa shape index (κ3) is 3.01. The Bertz CT molecular complexity index is 651. The number of rotatable bonds is 3. The lowest BCUT2D eigenvalue weighted by Gasteiger charge is -2.24. The second-order valence-electron chi connectivity index (χ2n) is 6.64. The van der Waals surface area contributed by atoms with E-state index in [4.69, 9.17) is 0 Å². The van der Waals surface area contributed by atoms with Gasteiger partial charge in [0.15, 0.2) is 0 Å².